The quantitative estimate of drug-likeness (QED) is 0.732. The maximum absolute atomic E-state index is 5.84. The molecule has 4 nitrogen and oxygen atoms in total. The van der Waals surface area contributed by atoms with E-state index in [0.717, 1.165) is 18.3 Å². The van der Waals surface area contributed by atoms with E-state index in [-0.39, 0.29) is 0 Å². The van der Waals surface area contributed by atoms with Gasteiger partial charge in [-0.25, -0.2) is 9.97 Å². The van der Waals surface area contributed by atoms with E-state index in [9.17, 15) is 0 Å². The Hall–Kier alpha value is -0.870. The van der Waals surface area contributed by atoms with Crippen LogP contribution in [0.2, 0.25) is 5.28 Å². The molecule has 17 heavy (non-hydrogen) atoms. The van der Waals surface area contributed by atoms with E-state index in [4.69, 9.17) is 16.3 Å². The van der Waals surface area contributed by atoms with Crippen LogP contribution in [0.1, 0.15) is 19.8 Å². The predicted octanol–water partition coefficient (Wildman–Crippen LogP) is 2.38. The topological polar surface area (TPSA) is 38.2 Å². The Morgan fingerprint density at radius 2 is 2.35 bits per heavy atom. The van der Waals surface area contributed by atoms with Crippen LogP contribution in [0.4, 0.5) is 5.82 Å². The van der Waals surface area contributed by atoms with Crippen LogP contribution in [0.25, 0.3) is 0 Å². The fourth-order valence-electron chi connectivity index (χ4n) is 2.04. The molecule has 1 saturated carbocycles. The zero-order valence-electron chi connectivity index (χ0n) is 10.3. The lowest BCUT2D eigenvalue weighted by Gasteiger charge is -2.30. The molecule has 1 fully saturated rings. The monoisotopic (exact) mass is 255 g/mol. The fraction of sp³-hybridized carbons (Fsp3) is 0.667. The minimum absolute atomic E-state index is 0.299. The normalized spacial score (nSPS) is 16.9. The molecule has 0 aliphatic heterocycles. The molecule has 0 spiro atoms. The highest BCUT2D eigenvalue weighted by Crippen LogP contribution is 2.36. The van der Waals surface area contributed by atoms with E-state index in [1.165, 1.54) is 12.8 Å². The van der Waals surface area contributed by atoms with Crippen LogP contribution in [0.15, 0.2) is 12.3 Å². The molecular formula is C12H18ClN3O. The minimum Gasteiger partial charge on any atom is -0.383 e. The maximum Gasteiger partial charge on any atom is 0.224 e. The van der Waals surface area contributed by atoms with Gasteiger partial charge in [0.15, 0.2) is 0 Å². The molecule has 0 amide bonds. The van der Waals surface area contributed by atoms with Crippen molar-refractivity contribution in [2.45, 2.75) is 25.8 Å². The van der Waals surface area contributed by atoms with Crippen molar-refractivity contribution in [1.82, 2.24) is 9.97 Å². The van der Waals surface area contributed by atoms with Crippen LogP contribution in [0.5, 0.6) is 0 Å². The maximum atomic E-state index is 5.84. The molecular weight excluding hydrogens is 238 g/mol. The van der Waals surface area contributed by atoms with E-state index in [0.29, 0.717) is 17.9 Å². The molecule has 1 aromatic heterocycles. The zero-order chi connectivity index (χ0) is 12.3. The summed E-state index contributed by atoms with van der Waals surface area (Å²) in [6.45, 7) is 3.77. The number of anilines is 1. The number of ether oxygens (including phenoxy) is 1. The molecule has 1 aliphatic carbocycles. The van der Waals surface area contributed by atoms with Crippen molar-refractivity contribution < 1.29 is 4.74 Å². The number of halogens is 1. The summed E-state index contributed by atoms with van der Waals surface area (Å²) in [6.07, 6.45) is 4.32. The number of rotatable bonds is 6. The second kappa shape index (κ2) is 5.65. The smallest absolute Gasteiger partial charge is 0.224 e. The summed E-state index contributed by atoms with van der Waals surface area (Å²) in [7, 11) is 1.72. The first-order valence-electron chi connectivity index (χ1n) is 5.96. The summed E-state index contributed by atoms with van der Waals surface area (Å²) in [5.74, 6) is 1.67. The molecule has 0 radical (unpaired) electrons. The van der Waals surface area contributed by atoms with Gasteiger partial charge in [0.05, 0.1) is 6.61 Å². The van der Waals surface area contributed by atoms with E-state index < -0.39 is 0 Å². The molecule has 1 aromatic rings. The zero-order valence-corrected chi connectivity index (χ0v) is 11.0. The van der Waals surface area contributed by atoms with Crippen LogP contribution in [-0.4, -0.2) is 36.3 Å². The number of hydrogen-bond donors (Lipinski definition) is 0. The van der Waals surface area contributed by atoms with Crippen molar-refractivity contribution in [2.24, 2.45) is 5.92 Å². The second-order valence-electron chi connectivity index (χ2n) is 4.45. The molecule has 0 saturated heterocycles. The molecule has 1 aliphatic rings. The Balaban J connectivity index is 2.13. The van der Waals surface area contributed by atoms with Gasteiger partial charge in [0, 0.05) is 25.9 Å². The fourth-order valence-corrected chi connectivity index (χ4v) is 2.18. The summed E-state index contributed by atoms with van der Waals surface area (Å²) in [5.41, 5.74) is 0. The third-order valence-corrected chi connectivity index (χ3v) is 3.42. The molecule has 5 heteroatoms. The Morgan fingerprint density at radius 1 is 1.59 bits per heavy atom. The van der Waals surface area contributed by atoms with Gasteiger partial charge in [0.1, 0.15) is 5.82 Å². The van der Waals surface area contributed by atoms with Gasteiger partial charge in [-0.1, -0.05) is 0 Å². The van der Waals surface area contributed by atoms with Crippen LogP contribution < -0.4 is 4.90 Å². The van der Waals surface area contributed by atoms with Gasteiger partial charge in [-0.3, -0.25) is 0 Å². The summed E-state index contributed by atoms with van der Waals surface area (Å²) in [5, 5.41) is 0.299. The average Bonchev–Trinajstić information content (AvgIpc) is 3.13. The van der Waals surface area contributed by atoms with Gasteiger partial charge in [0.2, 0.25) is 5.28 Å². The number of aromatic nitrogens is 2. The van der Waals surface area contributed by atoms with Crippen LogP contribution >= 0.6 is 11.6 Å². The summed E-state index contributed by atoms with van der Waals surface area (Å²) in [4.78, 5) is 10.5. The molecule has 1 unspecified atom stereocenters. The van der Waals surface area contributed by atoms with Crippen LogP contribution in [-0.2, 0) is 4.74 Å². The van der Waals surface area contributed by atoms with Crippen molar-refractivity contribution in [1.29, 1.82) is 0 Å². The van der Waals surface area contributed by atoms with Gasteiger partial charge in [-0.05, 0) is 43.4 Å². The number of hydrogen-bond acceptors (Lipinski definition) is 4. The van der Waals surface area contributed by atoms with Crippen molar-refractivity contribution in [3.05, 3.63) is 17.5 Å². The minimum atomic E-state index is 0.299. The van der Waals surface area contributed by atoms with Crippen molar-refractivity contribution in [3.63, 3.8) is 0 Å². The lowest BCUT2D eigenvalue weighted by Crippen LogP contribution is -2.37. The Morgan fingerprint density at radius 3 is 2.94 bits per heavy atom. The molecule has 1 atom stereocenters. The number of nitrogens with zero attached hydrogens (tertiary/aromatic N) is 3. The first kappa shape index (κ1) is 12.6. The van der Waals surface area contributed by atoms with Gasteiger partial charge >= 0.3 is 0 Å². The predicted molar refractivity (Wildman–Crippen MR) is 68.5 cm³/mol. The SMILES string of the molecule is COCCN(c1ccnc(Cl)n1)C(C)C1CC1. The summed E-state index contributed by atoms with van der Waals surface area (Å²) in [6, 6.07) is 2.39. The third-order valence-electron chi connectivity index (χ3n) is 3.24. The molecule has 0 aromatic carbocycles. The molecule has 94 valence electrons. The van der Waals surface area contributed by atoms with Gasteiger partial charge in [0.25, 0.3) is 0 Å². The molecule has 2 rings (SSSR count). The highest BCUT2D eigenvalue weighted by Gasteiger charge is 2.32. The Kier molecular flexibility index (Phi) is 4.18. The molecule has 0 bridgehead atoms. The largest absolute Gasteiger partial charge is 0.383 e. The van der Waals surface area contributed by atoms with Gasteiger partial charge in [-0.2, -0.15) is 0 Å². The van der Waals surface area contributed by atoms with E-state index in [1.54, 1.807) is 13.3 Å². The average molecular weight is 256 g/mol. The summed E-state index contributed by atoms with van der Waals surface area (Å²) < 4.78 is 5.16. The number of methoxy groups -OCH3 is 1. The van der Waals surface area contributed by atoms with Crippen molar-refractivity contribution >= 4 is 17.4 Å². The van der Waals surface area contributed by atoms with Crippen LogP contribution in [0, 0.1) is 5.92 Å². The Bertz CT molecular complexity index is 371. The van der Waals surface area contributed by atoms with Gasteiger partial charge in [-0.15, -0.1) is 0 Å². The lowest BCUT2D eigenvalue weighted by molar-refractivity contribution is 0.202. The summed E-state index contributed by atoms with van der Waals surface area (Å²) >= 11 is 5.84. The third kappa shape index (κ3) is 3.30. The highest BCUT2D eigenvalue weighted by molar-refractivity contribution is 6.28. The second-order valence-corrected chi connectivity index (χ2v) is 4.79. The molecule has 1 heterocycles. The van der Waals surface area contributed by atoms with Crippen LogP contribution in [0.3, 0.4) is 0 Å². The van der Waals surface area contributed by atoms with E-state index in [1.807, 2.05) is 6.07 Å². The highest BCUT2D eigenvalue weighted by atomic mass is 35.5. The molecule has 0 N–H and O–H groups in total. The van der Waals surface area contributed by atoms with E-state index >= 15 is 0 Å². The standard InChI is InChI=1S/C12H18ClN3O/c1-9(10-3-4-10)16(7-8-17-2)11-5-6-14-12(13)15-11/h5-6,9-10H,3-4,7-8H2,1-2H3. The lowest BCUT2D eigenvalue weighted by atomic mass is 10.2. The Labute approximate surface area is 107 Å². The van der Waals surface area contributed by atoms with E-state index in [2.05, 4.69) is 21.8 Å². The van der Waals surface area contributed by atoms with Gasteiger partial charge < -0.3 is 9.64 Å². The van der Waals surface area contributed by atoms with Crippen molar-refractivity contribution in [3.8, 4) is 0 Å². The van der Waals surface area contributed by atoms with Crippen molar-refractivity contribution in [2.75, 3.05) is 25.2 Å². The first-order chi connectivity index (χ1) is 8.22. The first-order valence-corrected chi connectivity index (χ1v) is 6.34.